The number of likely N-dealkylation sites (N-methyl/N-ethyl adjacent to an activating group) is 1. The van der Waals surface area contributed by atoms with Gasteiger partial charge in [0, 0.05) is 19.2 Å². The van der Waals surface area contributed by atoms with Crippen LogP contribution in [0.1, 0.15) is 18.1 Å². The molecule has 0 aliphatic carbocycles. The Morgan fingerprint density at radius 2 is 1.91 bits per heavy atom. The molecule has 0 fully saturated rings. The minimum Gasteiger partial charge on any atom is -0.454 e. The number of benzene rings is 2. The second-order valence-electron chi connectivity index (χ2n) is 5.28. The molecule has 0 unspecified atom stereocenters. The van der Waals surface area contributed by atoms with E-state index in [1.54, 1.807) is 11.0 Å². The molecule has 4 heteroatoms. The molecule has 1 heterocycles. The van der Waals surface area contributed by atoms with Crippen LogP contribution < -0.4 is 9.47 Å². The molecule has 2 aromatic rings. The van der Waals surface area contributed by atoms with E-state index in [0.29, 0.717) is 13.1 Å². The molecule has 0 N–H and O–H groups in total. The fourth-order valence-electron chi connectivity index (χ4n) is 2.44. The molecule has 3 rings (SSSR count). The Hall–Kier alpha value is -2.75. The average molecular weight is 309 g/mol. The van der Waals surface area contributed by atoms with Crippen molar-refractivity contribution in [3.05, 3.63) is 65.7 Å². The number of fused-ring (bicyclic) bond motifs is 1. The van der Waals surface area contributed by atoms with Gasteiger partial charge in [0.05, 0.1) is 0 Å². The van der Waals surface area contributed by atoms with Crippen LogP contribution in [0.3, 0.4) is 0 Å². The van der Waals surface area contributed by atoms with Crippen LogP contribution in [0.15, 0.2) is 54.6 Å². The van der Waals surface area contributed by atoms with E-state index < -0.39 is 0 Å². The van der Waals surface area contributed by atoms with Crippen molar-refractivity contribution in [2.45, 2.75) is 13.5 Å². The minimum absolute atomic E-state index is 0.00554. The van der Waals surface area contributed by atoms with Gasteiger partial charge in [-0.15, -0.1) is 0 Å². The number of hydrogen-bond donors (Lipinski definition) is 0. The maximum atomic E-state index is 12.4. The quantitative estimate of drug-likeness (QED) is 0.794. The van der Waals surface area contributed by atoms with E-state index in [-0.39, 0.29) is 12.7 Å². The maximum Gasteiger partial charge on any atom is 0.246 e. The molecule has 0 saturated heterocycles. The van der Waals surface area contributed by atoms with Gasteiger partial charge in [0.25, 0.3) is 0 Å². The normalized spacial score (nSPS) is 12.6. The number of nitrogens with zero attached hydrogens (tertiary/aromatic N) is 1. The van der Waals surface area contributed by atoms with Crippen molar-refractivity contribution in [1.29, 1.82) is 0 Å². The molecule has 4 nitrogen and oxygen atoms in total. The predicted molar refractivity (Wildman–Crippen MR) is 89.1 cm³/mol. The van der Waals surface area contributed by atoms with Crippen LogP contribution in [-0.4, -0.2) is 24.1 Å². The molecule has 1 aliphatic heterocycles. The van der Waals surface area contributed by atoms with Crippen LogP contribution >= 0.6 is 0 Å². The summed E-state index contributed by atoms with van der Waals surface area (Å²) in [6.45, 7) is 3.42. The third-order valence-corrected chi connectivity index (χ3v) is 3.72. The van der Waals surface area contributed by atoms with Crippen molar-refractivity contribution in [3.8, 4) is 11.5 Å². The summed E-state index contributed by atoms with van der Waals surface area (Å²) in [5.74, 6) is 1.49. The molecule has 0 atom stereocenters. The van der Waals surface area contributed by atoms with E-state index in [0.717, 1.165) is 22.6 Å². The minimum atomic E-state index is -0.00554. The molecule has 0 aromatic heterocycles. The average Bonchev–Trinajstić information content (AvgIpc) is 3.06. The van der Waals surface area contributed by atoms with Gasteiger partial charge >= 0.3 is 0 Å². The molecule has 118 valence electrons. The van der Waals surface area contributed by atoms with Gasteiger partial charge < -0.3 is 14.4 Å². The number of rotatable bonds is 5. The molecule has 2 aromatic carbocycles. The number of ether oxygens (including phenoxy) is 2. The van der Waals surface area contributed by atoms with E-state index in [2.05, 4.69) is 0 Å². The molecule has 1 amide bonds. The smallest absolute Gasteiger partial charge is 0.246 e. The Kier molecular flexibility index (Phi) is 4.62. The zero-order valence-corrected chi connectivity index (χ0v) is 13.1. The number of carbonyl (C=O) groups is 1. The first-order valence-corrected chi connectivity index (χ1v) is 7.67. The molecule has 0 bridgehead atoms. The Labute approximate surface area is 135 Å². The number of hydrogen-bond acceptors (Lipinski definition) is 3. The highest BCUT2D eigenvalue weighted by atomic mass is 16.7. The Bertz CT molecular complexity index is 710. The summed E-state index contributed by atoms with van der Waals surface area (Å²) in [5, 5.41) is 0. The van der Waals surface area contributed by atoms with Crippen LogP contribution in [-0.2, 0) is 11.3 Å². The summed E-state index contributed by atoms with van der Waals surface area (Å²) in [6.07, 6.45) is 3.45. The third-order valence-electron chi connectivity index (χ3n) is 3.72. The van der Waals surface area contributed by atoms with Crippen molar-refractivity contribution in [2.75, 3.05) is 13.3 Å². The van der Waals surface area contributed by atoms with Crippen molar-refractivity contribution in [3.63, 3.8) is 0 Å². The molecule has 23 heavy (non-hydrogen) atoms. The topological polar surface area (TPSA) is 38.8 Å². The predicted octanol–water partition coefficient (Wildman–Crippen LogP) is 3.48. The molecular formula is C19H19NO3. The van der Waals surface area contributed by atoms with Crippen LogP contribution in [0, 0.1) is 0 Å². The van der Waals surface area contributed by atoms with E-state index in [1.165, 1.54) is 0 Å². The van der Waals surface area contributed by atoms with Gasteiger partial charge in [-0.2, -0.15) is 0 Å². The fraction of sp³-hybridized carbons (Fsp3) is 0.211. The number of amides is 1. The monoisotopic (exact) mass is 309 g/mol. The van der Waals surface area contributed by atoms with Crippen molar-refractivity contribution < 1.29 is 14.3 Å². The Morgan fingerprint density at radius 1 is 1.13 bits per heavy atom. The van der Waals surface area contributed by atoms with Crippen LogP contribution in [0.2, 0.25) is 0 Å². The van der Waals surface area contributed by atoms with Crippen LogP contribution in [0.25, 0.3) is 6.08 Å². The lowest BCUT2D eigenvalue weighted by molar-refractivity contribution is -0.126. The summed E-state index contributed by atoms with van der Waals surface area (Å²) in [4.78, 5) is 14.2. The van der Waals surface area contributed by atoms with Gasteiger partial charge in [-0.25, -0.2) is 0 Å². The van der Waals surface area contributed by atoms with Crippen molar-refractivity contribution >= 4 is 12.0 Å². The van der Waals surface area contributed by atoms with E-state index >= 15 is 0 Å². The Balaban J connectivity index is 1.67. The summed E-state index contributed by atoms with van der Waals surface area (Å²) in [6, 6.07) is 15.6. The van der Waals surface area contributed by atoms with Gasteiger partial charge in [-0.1, -0.05) is 36.4 Å². The zero-order chi connectivity index (χ0) is 16.1. The SMILES string of the molecule is CCN(Cc1ccc2c(c1)OCO2)C(=O)/C=C/c1ccccc1. The van der Waals surface area contributed by atoms with Gasteiger partial charge in [0.2, 0.25) is 12.7 Å². The van der Waals surface area contributed by atoms with Gasteiger partial charge in [0.1, 0.15) is 0 Å². The zero-order valence-electron chi connectivity index (χ0n) is 13.1. The lowest BCUT2D eigenvalue weighted by Gasteiger charge is -2.19. The van der Waals surface area contributed by atoms with E-state index in [4.69, 9.17) is 9.47 Å². The lowest BCUT2D eigenvalue weighted by atomic mass is 10.1. The molecule has 0 spiro atoms. The summed E-state index contributed by atoms with van der Waals surface area (Å²) < 4.78 is 10.7. The van der Waals surface area contributed by atoms with Crippen LogP contribution in [0.4, 0.5) is 0 Å². The largest absolute Gasteiger partial charge is 0.454 e. The third kappa shape index (κ3) is 3.72. The first-order valence-electron chi connectivity index (χ1n) is 7.67. The van der Waals surface area contributed by atoms with Crippen LogP contribution in [0.5, 0.6) is 11.5 Å². The van der Waals surface area contributed by atoms with E-state index in [9.17, 15) is 4.79 Å². The molecule has 0 saturated carbocycles. The second-order valence-corrected chi connectivity index (χ2v) is 5.28. The molecule has 1 aliphatic rings. The standard InChI is InChI=1S/C19H19NO3/c1-2-20(19(21)11-9-15-6-4-3-5-7-15)13-16-8-10-17-18(12-16)23-14-22-17/h3-12H,2,13-14H2,1H3/b11-9+. The maximum absolute atomic E-state index is 12.4. The second kappa shape index (κ2) is 7.01. The van der Waals surface area contributed by atoms with Gasteiger partial charge in [-0.3, -0.25) is 4.79 Å². The highest BCUT2D eigenvalue weighted by molar-refractivity contribution is 5.91. The van der Waals surface area contributed by atoms with Gasteiger partial charge in [0.15, 0.2) is 11.5 Å². The Morgan fingerprint density at radius 3 is 2.70 bits per heavy atom. The van der Waals surface area contributed by atoms with E-state index in [1.807, 2.05) is 61.5 Å². The molecule has 0 radical (unpaired) electrons. The van der Waals surface area contributed by atoms with Crippen molar-refractivity contribution in [2.24, 2.45) is 0 Å². The number of carbonyl (C=O) groups excluding carboxylic acids is 1. The summed E-state index contributed by atoms with van der Waals surface area (Å²) in [7, 11) is 0. The van der Waals surface area contributed by atoms with Crippen molar-refractivity contribution in [1.82, 2.24) is 4.90 Å². The lowest BCUT2D eigenvalue weighted by Crippen LogP contribution is -2.28. The fourth-order valence-corrected chi connectivity index (χ4v) is 2.44. The first-order chi connectivity index (χ1) is 11.3. The first kappa shape index (κ1) is 15.2. The van der Waals surface area contributed by atoms with Gasteiger partial charge in [-0.05, 0) is 36.3 Å². The molecular weight excluding hydrogens is 290 g/mol. The summed E-state index contributed by atoms with van der Waals surface area (Å²) in [5.41, 5.74) is 2.04. The highest BCUT2D eigenvalue weighted by Gasteiger charge is 2.15. The highest BCUT2D eigenvalue weighted by Crippen LogP contribution is 2.32. The summed E-state index contributed by atoms with van der Waals surface area (Å²) >= 11 is 0.